The molecular formula is C21H22ClN5O2S. The van der Waals surface area contributed by atoms with Crippen molar-refractivity contribution in [3.8, 4) is 11.6 Å². The molecule has 2 atom stereocenters. The summed E-state index contributed by atoms with van der Waals surface area (Å²) < 4.78 is 6.80. The van der Waals surface area contributed by atoms with E-state index in [4.69, 9.17) is 16.0 Å². The Labute approximate surface area is 184 Å². The summed E-state index contributed by atoms with van der Waals surface area (Å²) >= 11 is 7.77. The summed E-state index contributed by atoms with van der Waals surface area (Å²) in [6, 6.07) is 11.3. The second kappa shape index (κ2) is 8.19. The van der Waals surface area contributed by atoms with E-state index in [2.05, 4.69) is 32.9 Å². The monoisotopic (exact) mass is 443 g/mol. The molecule has 5 rings (SSSR count). The lowest BCUT2D eigenvalue weighted by atomic mass is 10.00. The van der Waals surface area contributed by atoms with Gasteiger partial charge in [-0.15, -0.1) is 5.10 Å². The van der Waals surface area contributed by atoms with E-state index in [-0.39, 0.29) is 17.2 Å². The fourth-order valence-electron chi connectivity index (χ4n) is 4.14. The van der Waals surface area contributed by atoms with E-state index in [1.165, 1.54) is 16.4 Å². The highest BCUT2D eigenvalue weighted by Crippen LogP contribution is 2.42. The number of furan rings is 1. The van der Waals surface area contributed by atoms with Crippen LogP contribution in [0.25, 0.3) is 11.6 Å². The van der Waals surface area contributed by atoms with E-state index < -0.39 is 0 Å². The third-order valence-corrected chi connectivity index (χ3v) is 7.15. The van der Waals surface area contributed by atoms with Crippen LogP contribution in [-0.2, 0) is 0 Å². The van der Waals surface area contributed by atoms with Gasteiger partial charge in [-0.2, -0.15) is 9.67 Å². The molecule has 9 heteroatoms. The van der Waals surface area contributed by atoms with Gasteiger partial charge in [0.1, 0.15) is 5.25 Å². The van der Waals surface area contributed by atoms with Crippen LogP contribution in [-0.4, -0.2) is 68.4 Å². The number of fused-ring (bicyclic) bond motifs is 1. The summed E-state index contributed by atoms with van der Waals surface area (Å²) in [5.74, 6) is 0.942. The molecule has 0 spiro atoms. The topological polar surface area (TPSA) is 67.4 Å². The van der Waals surface area contributed by atoms with Gasteiger partial charge in [-0.25, -0.2) is 0 Å². The first-order valence-electron chi connectivity index (χ1n) is 10.1. The van der Waals surface area contributed by atoms with E-state index in [9.17, 15) is 4.79 Å². The van der Waals surface area contributed by atoms with Gasteiger partial charge in [-0.05, 0) is 36.4 Å². The number of nitrogens with zero attached hydrogens (tertiary/aromatic N) is 5. The molecule has 0 bridgehead atoms. The molecule has 3 aromatic rings. The van der Waals surface area contributed by atoms with Crippen molar-refractivity contribution in [2.45, 2.75) is 23.4 Å². The van der Waals surface area contributed by atoms with Gasteiger partial charge in [0.15, 0.2) is 10.9 Å². The zero-order valence-corrected chi connectivity index (χ0v) is 18.1. The minimum absolute atomic E-state index is 0.0526. The summed E-state index contributed by atoms with van der Waals surface area (Å²) in [5, 5.41) is 5.38. The Kier molecular flexibility index (Phi) is 5.41. The van der Waals surface area contributed by atoms with Gasteiger partial charge >= 0.3 is 0 Å². The van der Waals surface area contributed by atoms with Gasteiger partial charge in [0, 0.05) is 31.2 Å². The third-order valence-electron chi connectivity index (χ3n) is 5.73. The van der Waals surface area contributed by atoms with E-state index in [1.807, 2.05) is 18.2 Å². The Morgan fingerprint density at radius 2 is 2.07 bits per heavy atom. The predicted molar refractivity (Wildman–Crippen MR) is 116 cm³/mol. The van der Waals surface area contributed by atoms with Gasteiger partial charge in [-0.1, -0.05) is 42.4 Å². The minimum Gasteiger partial charge on any atom is -0.461 e. The summed E-state index contributed by atoms with van der Waals surface area (Å²) in [6.07, 6.45) is 1.57. The lowest BCUT2D eigenvalue weighted by Crippen LogP contribution is -2.50. The number of aromatic nitrogens is 3. The molecule has 1 fully saturated rings. The summed E-state index contributed by atoms with van der Waals surface area (Å²) in [4.78, 5) is 22.8. The van der Waals surface area contributed by atoms with Gasteiger partial charge in [-0.3, -0.25) is 9.69 Å². The van der Waals surface area contributed by atoms with Crippen molar-refractivity contribution in [3.05, 3.63) is 53.2 Å². The number of piperazine rings is 1. The zero-order valence-electron chi connectivity index (χ0n) is 16.6. The van der Waals surface area contributed by atoms with Crippen LogP contribution in [0.15, 0.2) is 52.2 Å². The molecule has 156 valence electrons. The smallest absolute Gasteiger partial charge is 0.264 e. The molecule has 0 aliphatic carbocycles. The molecule has 1 aromatic carbocycles. The highest BCUT2D eigenvalue weighted by Gasteiger charge is 2.43. The maximum Gasteiger partial charge on any atom is 0.264 e. The van der Waals surface area contributed by atoms with Crippen LogP contribution in [0.5, 0.6) is 0 Å². The van der Waals surface area contributed by atoms with Crippen LogP contribution < -0.4 is 0 Å². The second-order valence-corrected chi connectivity index (χ2v) is 9.00. The molecule has 2 aliphatic rings. The quantitative estimate of drug-likeness (QED) is 0.595. The minimum atomic E-state index is -0.322. The van der Waals surface area contributed by atoms with Crippen molar-refractivity contribution in [3.63, 3.8) is 0 Å². The average molecular weight is 444 g/mol. The lowest BCUT2D eigenvalue weighted by molar-refractivity contribution is 0.0739. The first-order valence-corrected chi connectivity index (χ1v) is 11.3. The fraction of sp³-hybridized carbons (Fsp3) is 0.381. The highest BCUT2D eigenvalue weighted by molar-refractivity contribution is 8.00. The average Bonchev–Trinajstić information content (AvgIpc) is 3.48. The number of likely N-dealkylation sites (N-methyl/N-ethyl adjacent to an activating group) is 1. The Morgan fingerprint density at radius 1 is 1.23 bits per heavy atom. The SMILES string of the molecule is CCN1CCN(C(c2cccc(Cl)c2)C2Sc3nc(-c4ccco4)nn3C2=O)CC1. The van der Waals surface area contributed by atoms with Crippen molar-refractivity contribution in [1.29, 1.82) is 0 Å². The number of hydrogen-bond donors (Lipinski definition) is 0. The van der Waals surface area contributed by atoms with Crippen LogP contribution in [0, 0.1) is 0 Å². The van der Waals surface area contributed by atoms with Crippen molar-refractivity contribution >= 4 is 29.3 Å². The van der Waals surface area contributed by atoms with Gasteiger partial charge in [0.2, 0.25) is 5.82 Å². The van der Waals surface area contributed by atoms with Crippen molar-refractivity contribution in [2.75, 3.05) is 32.7 Å². The summed E-state index contributed by atoms with van der Waals surface area (Å²) in [7, 11) is 0. The molecule has 0 N–H and O–H groups in total. The number of halogens is 1. The van der Waals surface area contributed by atoms with Crippen LogP contribution in [0.2, 0.25) is 5.02 Å². The fourth-order valence-corrected chi connectivity index (χ4v) is 5.59. The van der Waals surface area contributed by atoms with Crippen molar-refractivity contribution in [2.24, 2.45) is 0 Å². The number of carbonyl (C=O) groups is 1. The van der Waals surface area contributed by atoms with Gasteiger partial charge in [0.05, 0.1) is 12.3 Å². The van der Waals surface area contributed by atoms with Crippen LogP contribution in [0.4, 0.5) is 0 Å². The van der Waals surface area contributed by atoms with Crippen LogP contribution in [0.3, 0.4) is 0 Å². The Morgan fingerprint density at radius 3 is 2.73 bits per heavy atom. The second-order valence-electron chi connectivity index (χ2n) is 7.45. The molecule has 2 aliphatic heterocycles. The maximum atomic E-state index is 13.4. The highest BCUT2D eigenvalue weighted by atomic mass is 35.5. The van der Waals surface area contributed by atoms with Crippen molar-refractivity contribution < 1.29 is 9.21 Å². The van der Waals surface area contributed by atoms with Crippen LogP contribution >= 0.6 is 23.4 Å². The predicted octanol–water partition coefficient (Wildman–Crippen LogP) is 3.68. The summed E-state index contributed by atoms with van der Waals surface area (Å²) in [5.41, 5.74) is 1.05. The lowest BCUT2D eigenvalue weighted by Gasteiger charge is -2.40. The Bertz CT molecular complexity index is 1050. The molecule has 0 saturated carbocycles. The van der Waals surface area contributed by atoms with E-state index in [1.54, 1.807) is 18.4 Å². The number of hydrogen-bond acceptors (Lipinski definition) is 7. The standard InChI is InChI=1S/C21H22ClN5O2S/c1-2-25-8-10-26(11-9-25)17(14-5-3-6-15(22)13-14)18-20(28)27-21(30-18)23-19(24-27)16-7-4-12-29-16/h3-7,12-13,17-18H,2,8-11H2,1H3. The maximum absolute atomic E-state index is 13.4. The van der Waals surface area contributed by atoms with Crippen molar-refractivity contribution in [1.82, 2.24) is 24.6 Å². The number of rotatable bonds is 5. The molecule has 2 unspecified atom stereocenters. The molecule has 30 heavy (non-hydrogen) atoms. The normalized spacial score (nSPS) is 21.1. The molecule has 0 radical (unpaired) electrons. The van der Waals surface area contributed by atoms with Crippen LogP contribution in [0.1, 0.15) is 23.3 Å². The first-order chi connectivity index (χ1) is 14.6. The molecular weight excluding hydrogens is 422 g/mol. The number of carbonyl (C=O) groups excluding carboxylic acids is 1. The zero-order chi connectivity index (χ0) is 20.7. The molecule has 1 saturated heterocycles. The van der Waals surface area contributed by atoms with Gasteiger partial charge < -0.3 is 9.32 Å². The molecule has 0 amide bonds. The molecule has 2 aromatic heterocycles. The molecule has 4 heterocycles. The van der Waals surface area contributed by atoms with E-state index in [0.29, 0.717) is 21.8 Å². The molecule has 7 nitrogen and oxygen atoms in total. The number of thioether (sulfide) groups is 1. The summed E-state index contributed by atoms with van der Waals surface area (Å²) in [6.45, 7) is 7.02. The first kappa shape index (κ1) is 19.8. The van der Waals surface area contributed by atoms with Gasteiger partial charge in [0.25, 0.3) is 5.91 Å². The van der Waals surface area contributed by atoms with E-state index in [0.717, 1.165) is 38.3 Å². The Hall–Kier alpha value is -2.13. The number of benzene rings is 1. The van der Waals surface area contributed by atoms with E-state index >= 15 is 0 Å². The largest absolute Gasteiger partial charge is 0.461 e. The Balaban J connectivity index is 1.45. The third kappa shape index (κ3) is 3.58.